The molecule has 19 heavy (non-hydrogen) atoms. The summed E-state index contributed by atoms with van der Waals surface area (Å²) in [5.41, 5.74) is 0. The Morgan fingerprint density at radius 3 is 2.63 bits per heavy atom. The van der Waals surface area contributed by atoms with Crippen LogP contribution in [-0.2, 0) is 0 Å². The third-order valence-corrected chi connectivity index (χ3v) is 4.13. The molecule has 2 N–H and O–H groups in total. The van der Waals surface area contributed by atoms with Crippen molar-refractivity contribution in [2.45, 2.75) is 46.1 Å². The van der Waals surface area contributed by atoms with E-state index in [2.05, 4.69) is 39.4 Å². The molecule has 1 heterocycles. The highest BCUT2D eigenvalue weighted by atomic mass is 35.5. The maximum Gasteiger partial charge on any atom is 0.229 e. The van der Waals surface area contributed by atoms with Crippen LogP contribution in [-0.4, -0.2) is 27.5 Å². The lowest BCUT2D eigenvalue weighted by molar-refractivity contribution is 0.252. The molecule has 1 aromatic rings. The van der Waals surface area contributed by atoms with Crippen LogP contribution in [0.1, 0.15) is 40.0 Å². The Balaban J connectivity index is 2.09. The number of hydrogen-bond donors (Lipinski definition) is 2. The van der Waals surface area contributed by atoms with Crippen LogP contribution in [0.5, 0.6) is 0 Å². The van der Waals surface area contributed by atoms with E-state index in [1.807, 2.05) is 6.92 Å². The van der Waals surface area contributed by atoms with E-state index in [1.54, 1.807) is 0 Å². The molecule has 5 nitrogen and oxygen atoms in total. The van der Waals surface area contributed by atoms with Gasteiger partial charge >= 0.3 is 0 Å². The first-order chi connectivity index (χ1) is 9.10. The van der Waals surface area contributed by atoms with Crippen LogP contribution in [0, 0.1) is 11.8 Å². The van der Waals surface area contributed by atoms with Gasteiger partial charge < -0.3 is 10.6 Å². The predicted molar refractivity (Wildman–Crippen MR) is 78.6 cm³/mol. The van der Waals surface area contributed by atoms with E-state index in [4.69, 9.17) is 11.6 Å². The van der Waals surface area contributed by atoms with E-state index in [1.165, 1.54) is 12.8 Å². The minimum atomic E-state index is 0.227. The van der Waals surface area contributed by atoms with Crippen LogP contribution in [0.3, 0.4) is 0 Å². The number of nitrogens with one attached hydrogen (secondary N) is 2. The summed E-state index contributed by atoms with van der Waals surface area (Å²) in [4.78, 5) is 12.6. The second-order valence-electron chi connectivity index (χ2n) is 5.30. The van der Waals surface area contributed by atoms with Crippen molar-refractivity contribution in [3.05, 3.63) is 5.28 Å². The first-order valence-corrected chi connectivity index (χ1v) is 7.40. The zero-order chi connectivity index (χ0) is 13.8. The molecule has 3 atom stereocenters. The number of hydrogen-bond acceptors (Lipinski definition) is 5. The minimum absolute atomic E-state index is 0.227. The average Bonchev–Trinajstić information content (AvgIpc) is 2.35. The topological polar surface area (TPSA) is 62.7 Å². The standard InChI is InChI=1S/C13H22ClN5/c1-4-15-12-17-11(14)18-13(19-12)16-10-7-5-6-8(2)9(10)3/h8-10H,4-7H2,1-3H3,(H2,15,16,17,18,19). The molecule has 0 bridgehead atoms. The molecular formula is C13H22ClN5. The first kappa shape index (κ1) is 14.3. The molecule has 0 aliphatic heterocycles. The number of anilines is 2. The van der Waals surface area contributed by atoms with Gasteiger partial charge in [0.2, 0.25) is 17.2 Å². The third-order valence-electron chi connectivity index (χ3n) is 3.96. The maximum atomic E-state index is 5.93. The molecule has 0 spiro atoms. The van der Waals surface area contributed by atoms with Gasteiger partial charge in [-0.1, -0.05) is 26.7 Å². The molecule has 0 amide bonds. The van der Waals surface area contributed by atoms with Crippen molar-refractivity contribution >= 4 is 23.5 Å². The molecule has 0 aromatic carbocycles. The van der Waals surface area contributed by atoms with Gasteiger partial charge in [-0.25, -0.2) is 0 Å². The van der Waals surface area contributed by atoms with Gasteiger partial charge in [0.25, 0.3) is 0 Å². The van der Waals surface area contributed by atoms with Gasteiger partial charge in [0, 0.05) is 12.6 Å². The van der Waals surface area contributed by atoms with Crippen molar-refractivity contribution in [1.29, 1.82) is 0 Å². The van der Waals surface area contributed by atoms with E-state index in [9.17, 15) is 0 Å². The summed E-state index contributed by atoms with van der Waals surface area (Å²) in [7, 11) is 0. The SMILES string of the molecule is CCNc1nc(Cl)nc(NC2CCCC(C)C2C)n1. The first-order valence-electron chi connectivity index (χ1n) is 7.02. The van der Waals surface area contributed by atoms with Crippen LogP contribution in [0.2, 0.25) is 5.28 Å². The van der Waals surface area contributed by atoms with Crippen LogP contribution in [0.15, 0.2) is 0 Å². The Bertz CT molecular complexity index is 425. The fourth-order valence-corrected chi connectivity index (χ4v) is 2.76. The van der Waals surface area contributed by atoms with Crippen molar-refractivity contribution in [2.24, 2.45) is 11.8 Å². The normalized spacial score (nSPS) is 27.1. The summed E-state index contributed by atoms with van der Waals surface area (Å²) in [5.74, 6) is 2.45. The Morgan fingerprint density at radius 1 is 1.16 bits per heavy atom. The van der Waals surface area contributed by atoms with E-state index < -0.39 is 0 Å². The lowest BCUT2D eigenvalue weighted by Gasteiger charge is -2.34. The minimum Gasteiger partial charge on any atom is -0.354 e. The van der Waals surface area contributed by atoms with Crippen molar-refractivity contribution in [2.75, 3.05) is 17.2 Å². The van der Waals surface area contributed by atoms with Gasteiger partial charge in [0.05, 0.1) is 0 Å². The average molecular weight is 284 g/mol. The monoisotopic (exact) mass is 283 g/mol. The van der Waals surface area contributed by atoms with Gasteiger partial charge in [0.15, 0.2) is 0 Å². The number of aromatic nitrogens is 3. The van der Waals surface area contributed by atoms with Crippen molar-refractivity contribution in [3.8, 4) is 0 Å². The van der Waals surface area contributed by atoms with E-state index in [0.717, 1.165) is 18.9 Å². The largest absolute Gasteiger partial charge is 0.354 e. The molecule has 1 aromatic heterocycles. The molecule has 1 aliphatic rings. The fourth-order valence-electron chi connectivity index (χ4n) is 2.60. The number of halogens is 1. The lowest BCUT2D eigenvalue weighted by atomic mass is 9.78. The highest BCUT2D eigenvalue weighted by Gasteiger charge is 2.27. The van der Waals surface area contributed by atoms with Crippen LogP contribution in [0.4, 0.5) is 11.9 Å². The van der Waals surface area contributed by atoms with Gasteiger partial charge in [0.1, 0.15) is 0 Å². The van der Waals surface area contributed by atoms with Crippen molar-refractivity contribution in [3.63, 3.8) is 0 Å². The highest BCUT2D eigenvalue weighted by molar-refractivity contribution is 6.28. The van der Waals surface area contributed by atoms with Crippen LogP contribution < -0.4 is 10.6 Å². The molecule has 1 saturated carbocycles. The zero-order valence-electron chi connectivity index (χ0n) is 11.8. The molecule has 1 fully saturated rings. The summed E-state index contributed by atoms with van der Waals surface area (Å²) in [6, 6.07) is 0.414. The second-order valence-corrected chi connectivity index (χ2v) is 5.64. The molecule has 0 saturated heterocycles. The lowest BCUT2D eigenvalue weighted by Crippen LogP contribution is -2.35. The zero-order valence-corrected chi connectivity index (χ0v) is 12.5. The Morgan fingerprint density at radius 2 is 1.89 bits per heavy atom. The Kier molecular flexibility index (Phi) is 4.80. The molecular weight excluding hydrogens is 262 g/mol. The summed E-state index contributed by atoms with van der Waals surface area (Å²) in [5, 5.41) is 6.70. The predicted octanol–water partition coefficient (Wildman–Crippen LogP) is 3.19. The second kappa shape index (κ2) is 6.37. The summed E-state index contributed by atoms with van der Waals surface area (Å²) >= 11 is 5.93. The third kappa shape index (κ3) is 3.69. The van der Waals surface area contributed by atoms with Crippen LogP contribution in [0.25, 0.3) is 0 Å². The molecule has 0 radical (unpaired) electrons. The molecule has 106 valence electrons. The smallest absolute Gasteiger partial charge is 0.229 e. The highest BCUT2D eigenvalue weighted by Crippen LogP contribution is 2.31. The van der Waals surface area contributed by atoms with Gasteiger partial charge in [-0.3, -0.25) is 0 Å². The Labute approximate surface area is 119 Å². The molecule has 1 aliphatic carbocycles. The van der Waals surface area contributed by atoms with E-state index in [0.29, 0.717) is 23.9 Å². The molecule has 2 rings (SSSR count). The summed E-state index contributed by atoms with van der Waals surface area (Å²) < 4.78 is 0. The quantitative estimate of drug-likeness (QED) is 0.888. The Hall–Kier alpha value is -1.10. The summed E-state index contributed by atoms with van der Waals surface area (Å²) in [6.07, 6.45) is 3.72. The van der Waals surface area contributed by atoms with Gasteiger partial charge in [-0.15, -0.1) is 0 Å². The van der Waals surface area contributed by atoms with E-state index >= 15 is 0 Å². The van der Waals surface area contributed by atoms with Crippen molar-refractivity contribution in [1.82, 2.24) is 15.0 Å². The van der Waals surface area contributed by atoms with Crippen LogP contribution >= 0.6 is 11.6 Å². The number of nitrogens with zero attached hydrogens (tertiary/aromatic N) is 3. The summed E-state index contributed by atoms with van der Waals surface area (Å²) in [6.45, 7) is 7.35. The molecule has 6 heteroatoms. The van der Waals surface area contributed by atoms with Gasteiger partial charge in [-0.2, -0.15) is 15.0 Å². The van der Waals surface area contributed by atoms with Crippen molar-refractivity contribution < 1.29 is 0 Å². The number of rotatable bonds is 4. The maximum absolute atomic E-state index is 5.93. The molecule has 3 unspecified atom stereocenters. The fraction of sp³-hybridized carbons (Fsp3) is 0.769. The van der Waals surface area contributed by atoms with Gasteiger partial charge in [-0.05, 0) is 36.8 Å². The van der Waals surface area contributed by atoms with E-state index in [-0.39, 0.29) is 5.28 Å².